The number of aliphatic hydroxyl groups is 2. The Balaban J connectivity index is -0.000000190. The van der Waals surface area contributed by atoms with Gasteiger partial charge in [-0.15, -0.1) is 0 Å². The van der Waals surface area contributed by atoms with Crippen molar-refractivity contribution >= 4 is 41.8 Å². The summed E-state index contributed by atoms with van der Waals surface area (Å²) in [6.07, 6.45) is 77.5. The lowest BCUT2D eigenvalue weighted by Gasteiger charge is -2.05. The lowest BCUT2D eigenvalue weighted by molar-refractivity contribution is -0.139. The van der Waals surface area contributed by atoms with Crippen molar-refractivity contribution in [2.75, 3.05) is 46.2 Å². The highest BCUT2D eigenvalue weighted by Gasteiger charge is 2.06. The van der Waals surface area contributed by atoms with Gasteiger partial charge in [-0.3, -0.25) is 0 Å². The first-order valence-corrected chi connectivity index (χ1v) is 43.9. The molecule has 1 radical (unpaired) electrons. The van der Waals surface area contributed by atoms with Crippen molar-refractivity contribution in [2.45, 2.75) is 421 Å². The number of carbonyl (C=O) groups excluding carboxylic acids is 5. The van der Waals surface area contributed by atoms with Gasteiger partial charge in [0.1, 0.15) is 6.61 Å². The van der Waals surface area contributed by atoms with Crippen molar-refractivity contribution in [3.63, 3.8) is 0 Å². The van der Waals surface area contributed by atoms with E-state index in [2.05, 4.69) is 92.3 Å². The Bertz CT molecular complexity index is 2080. The van der Waals surface area contributed by atoms with Gasteiger partial charge < -0.3 is 44.1 Å². The Hall–Kier alpha value is -5.61. The monoisotopic (exact) mass is 1560 g/mol. The number of aliphatic hydroxyl groups excluding tert-OH is 2. The first kappa shape index (κ1) is 120. The van der Waals surface area contributed by atoms with Gasteiger partial charge in [0.05, 0.1) is 33.0 Å². The average Bonchev–Trinajstić information content (AvgIpc) is 1.08. The lowest BCUT2D eigenvalue weighted by atomic mass is 10.0. The summed E-state index contributed by atoms with van der Waals surface area (Å²) in [5, 5.41) is 31.8. The van der Waals surface area contributed by atoms with Crippen LogP contribution in [0.4, 0.5) is 0 Å². The van der Waals surface area contributed by atoms with Crippen LogP contribution in [0, 0.1) is 6.92 Å². The molecule has 110 heavy (non-hydrogen) atoms. The molecule has 0 aromatic rings. The summed E-state index contributed by atoms with van der Waals surface area (Å²) in [7, 11) is 0. The number of carboxylic acid groups (broad SMARTS) is 2. The number of esters is 5. The van der Waals surface area contributed by atoms with E-state index in [1.54, 1.807) is 20.8 Å². The zero-order valence-electron chi connectivity index (χ0n) is 72.8. The van der Waals surface area contributed by atoms with Crippen LogP contribution >= 0.6 is 0 Å². The Morgan fingerprint density at radius 2 is 0.436 bits per heavy atom. The molecule has 0 unspecified atom stereocenters. The molecule has 0 atom stereocenters. The van der Waals surface area contributed by atoms with Gasteiger partial charge in [0, 0.05) is 47.1 Å². The van der Waals surface area contributed by atoms with E-state index in [0.29, 0.717) is 55.1 Å². The second-order valence-electron chi connectivity index (χ2n) is 28.7. The van der Waals surface area contributed by atoms with Crippen LogP contribution in [-0.4, -0.2) is 108 Å². The van der Waals surface area contributed by atoms with Crippen LogP contribution in [-0.2, 0) is 57.2 Å². The third-order valence-corrected chi connectivity index (χ3v) is 17.5. The average molecular weight is 1560 g/mol. The molecule has 0 rings (SSSR count). The Morgan fingerprint density at radius 3 is 0.600 bits per heavy atom. The second kappa shape index (κ2) is 110. The minimum absolute atomic E-state index is 0. The number of rotatable bonds is 70. The maximum Gasteiger partial charge on any atom is 0.333 e. The highest BCUT2D eigenvalue weighted by Crippen LogP contribution is 2.18. The predicted octanol–water partition coefficient (Wildman–Crippen LogP) is 26.8. The van der Waals surface area contributed by atoms with Crippen LogP contribution in [0.25, 0.3) is 0 Å². The fourth-order valence-corrected chi connectivity index (χ4v) is 10.7. The van der Waals surface area contributed by atoms with Gasteiger partial charge in [-0.1, -0.05) is 408 Å². The highest BCUT2D eigenvalue weighted by molar-refractivity contribution is 5.88. The maximum atomic E-state index is 11.2. The summed E-state index contributed by atoms with van der Waals surface area (Å²) in [5.74, 6) is -3.41. The van der Waals surface area contributed by atoms with Crippen molar-refractivity contribution in [1.29, 1.82) is 0 Å². The summed E-state index contributed by atoms with van der Waals surface area (Å²) >= 11 is 0. The molecule has 0 aliphatic carbocycles. The fraction of sp³-hybridized carbons (Fsp3) is 0.766. The fourth-order valence-electron chi connectivity index (χ4n) is 10.7. The summed E-state index contributed by atoms with van der Waals surface area (Å²) < 4.78 is 24.3. The van der Waals surface area contributed by atoms with Crippen LogP contribution in [0.1, 0.15) is 421 Å². The normalized spacial score (nSPS) is 9.95. The van der Waals surface area contributed by atoms with Crippen molar-refractivity contribution < 1.29 is 77.7 Å². The number of ether oxygens (including phenoxy) is 5. The van der Waals surface area contributed by atoms with Gasteiger partial charge in [-0.25, -0.2) is 33.6 Å². The third kappa shape index (κ3) is 129. The SMILES string of the molecule is C=C(C)C(=O)OCCCCCC.C=C(C)C(=O)OCCCCCCCCCCCC.C=C(C)C(=O)OCCCCCCCCCCCCCCCCCC.C=C(CCCCCCCCCCCC)C(=O)O.C=CC(=O)O.C=CC(=O)OCCCCCCCCCCCCCCCCCC.C=CC(=O)OCCO.[CH2]CO. The zero-order chi connectivity index (χ0) is 84.3. The number of carbonyl (C=O) groups is 7. The molecule has 4 N–H and O–H groups in total. The topological polar surface area (TPSA) is 247 Å². The molecule has 0 aliphatic rings. The van der Waals surface area contributed by atoms with E-state index >= 15 is 0 Å². The minimum Gasteiger partial charge on any atom is -0.478 e. The molecule has 0 aromatic carbocycles. The van der Waals surface area contributed by atoms with Gasteiger partial charge in [0.2, 0.25) is 0 Å². The van der Waals surface area contributed by atoms with Crippen molar-refractivity contribution in [3.8, 4) is 0 Å². The predicted molar refractivity (Wildman–Crippen MR) is 465 cm³/mol. The third-order valence-electron chi connectivity index (χ3n) is 17.5. The number of carboxylic acids is 2. The quantitative estimate of drug-likeness (QED) is 0.0191. The Morgan fingerprint density at radius 1 is 0.273 bits per heavy atom. The van der Waals surface area contributed by atoms with Crippen LogP contribution in [0.2, 0.25) is 0 Å². The van der Waals surface area contributed by atoms with Gasteiger partial charge in [-0.05, 0) is 66.2 Å². The van der Waals surface area contributed by atoms with E-state index in [1.807, 2.05) is 0 Å². The van der Waals surface area contributed by atoms with Crippen molar-refractivity contribution in [3.05, 3.63) is 93.5 Å². The van der Waals surface area contributed by atoms with E-state index in [9.17, 15) is 33.6 Å². The van der Waals surface area contributed by atoms with Gasteiger partial charge in [0.15, 0.2) is 0 Å². The second-order valence-corrected chi connectivity index (χ2v) is 28.7. The molecule has 0 saturated carbocycles. The summed E-state index contributed by atoms with van der Waals surface area (Å²) in [4.78, 5) is 73.8. The highest BCUT2D eigenvalue weighted by atomic mass is 16.5. The first-order valence-electron chi connectivity index (χ1n) is 43.9. The van der Waals surface area contributed by atoms with E-state index in [4.69, 9.17) is 39.4 Å². The van der Waals surface area contributed by atoms with Gasteiger partial charge in [-0.2, -0.15) is 0 Å². The van der Waals surface area contributed by atoms with E-state index in [-0.39, 0.29) is 43.7 Å². The Kier molecular flexibility index (Phi) is 120. The minimum atomic E-state index is -0.981. The summed E-state index contributed by atoms with van der Waals surface area (Å²) in [5.41, 5.74) is 1.81. The molecular weight excluding hydrogens is 1390 g/mol. The number of aliphatic carboxylic acids is 2. The molecule has 0 spiro atoms. The summed E-state index contributed by atoms with van der Waals surface area (Å²) in [6.45, 7) is 45.0. The zero-order valence-corrected chi connectivity index (χ0v) is 72.8. The molecule has 0 aromatic heterocycles. The van der Waals surface area contributed by atoms with Crippen LogP contribution in [0.3, 0.4) is 0 Å². The maximum absolute atomic E-state index is 11.2. The molecule has 16 heteroatoms. The smallest absolute Gasteiger partial charge is 0.333 e. The van der Waals surface area contributed by atoms with Crippen LogP contribution < -0.4 is 0 Å². The Labute approximate surface area is 677 Å². The molecule has 0 aliphatic heterocycles. The number of hydrogen-bond donors (Lipinski definition) is 4. The van der Waals surface area contributed by atoms with Crippen LogP contribution in [0.5, 0.6) is 0 Å². The standard InChI is InChI=1S/C22H42O2.C21H40O2.C16H30O2.C15H28O2.C10H18O2.C5H8O3.C3H4O2.C2H5O/c1-4-5-6-7-8-9-10-11-12-13-14-15-16-17-18-19-20-24-22(23)21(2)3;1-3-5-6-7-8-9-10-11-12-13-14-15-16-17-18-19-20-23-21(22)4-2;1-4-5-6-7-8-9-10-11-12-13-14-18-16(17)15(2)3;1-3-4-5-6-7-8-9-10-11-12-13-14(2)15(16)17;1-4-5-6-7-8-12-10(11)9(2)3;1-2-5(7)8-4-3-6;1-2-3(4)5;1-2-3/h2,4-20H2,1,3H3;4H,2-3,5-20H2,1H3;2,4-14H2,1,3H3;2-13H2,1H3,(H,16,17);2,4-8H2,1,3H3;2,6H,1,3-4H2;2H,1H2,(H,4,5);3H,1-2H2. The molecule has 16 nitrogen and oxygen atoms in total. The molecule has 0 heterocycles. The first-order chi connectivity index (χ1) is 53.0. The van der Waals surface area contributed by atoms with Crippen molar-refractivity contribution in [2.24, 2.45) is 0 Å². The van der Waals surface area contributed by atoms with E-state index in [0.717, 1.165) is 57.1 Å². The lowest BCUT2D eigenvalue weighted by Crippen LogP contribution is -2.05. The molecule has 0 amide bonds. The number of unbranched alkanes of at least 4 members (excludes halogenated alkanes) is 51. The summed E-state index contributed by atoms with van der Waals surface area (Å²) in [6, 6.07) is 0. The van der Waals surface area contributed by atoms with Crippen molar-refractivity contribution in [1.82, 2.24) is 0 Å². The van der Waals surface area contributed by atoms with E-state index < -0.39 is 17.9 Å². The largest absolute Gasteiger partial charge is 0.478 e. The van der Waals surface area contributed by atoms with Gasteiger partial charge in [0.25, 0.3) is 0 Å². The number of hydrogen-bond acceptors (Lipinski definition) is 14. The molecular formula is C94H175O16. The van der Waals surface area contributed by atoms with Crippen LogP contribution in [0.15, 0.2) is 86.6 Å². The van der Waals surface area contributed by atoms with Gasteiger partial charge >= 0.3 is 41.8 Å². The van der Waals surface area contributed by atoms with E-state index in [1.165, 1.54) is 321 Å². The molecule has 647 valence electrons. The molecule has 0 bridgehead atoms. The molecule has 0 saturated heterocycles. The molecule has 0 fully saturated rings.